The minimum absolute atomic E-state index is 0.587. The number of nitrogens with one attached hydrogen (secondary N) is 1. The molecule has 84 valence electrons. The molecule has 0 aromatic heterocycles. The third kappa shape index (κ3) is 2.60. The molecular formula is C13H17N3. The van der Waals surface area contributed by atoms with Crippen LogP contribution in [0.4, 0.5) is 0 Å². The fourth-order valence-electron chi connectivity index (χ4n) is 2.04. The van der Waals surface area contributed by atoms with Crippen molar-refractivity contribution >= 4 is 0 Å². The summed E-state index contributed by atoms with van der Waals surface area (Å²) in [6.07, 6.45) is 0. The summed E-state index contributed by atoms with van der Waals surface area (Å²) in [5, 5.41) is 12.1. The van der Waals surface area contributed by atoms with Crippen LogP contribution >= 0.6 is 0 Å². The van der Waals surface area contributed by atoms with Crippen LogP contribution in [0.15, 0.2) is 24.3 Å². The Balaban J connectivity index is 2.00. The van der Waals surface area contributed by atoms with Crippen LogP contribution in [0.3, 0.4) is 0 Å². The van der Waals surface area contributed by atoms with Gasteiger partial charge in [-0.2, -0.15) is 5.26 Å². The fourth-order valence-corrected chi connectivity index (χ4v) is 2.04. The largest absolute Gasteiger partial charge is 0.314 e. The number of nitrogens with zero attached hydrogens (tertiary/aromatic N) is 2. The van der Waals surface area contributed by atoms with E-state index in [4.69, 9.17) is 5.26 Å². The van der Waals surface area contributed by atoms with Crippen LogP contribution in [-0.2, 0) is 6.54 Å². The molecule has 0 aliphatic carbocycles. The highest BCUT2D eigenvalue weighted by atomic mass is 15.2. The second kappa shape index (κ2) is 5.11. The van der Waals surface area contributed by atoms with Gasteiger partial charge in [-0.15, -0.1) is 0 Å². The maximum atomic E-state index is 8.72. The van der Waals surface area contributed by atoms with Gasteiger partial charge < -0.3 is 5.32 Å². The summed E-state index contributed by atoms with van der Waals surface area (Å²) in [4.78, 5) is 2.47. The van der Waals surface area contributed by atoms with Crippen molar-refractivity contribution in [3.63, 3.8) is 0 Å². The second-order valence-electron chi connectivity index (χ2n) is 4.33. The number of benzene rings is 1. The molecule has 1 atom stereocenters. The topological polar surface area (TPSA) is 39.1 Å². The van der Waals surface area contributed by atoms with Crippen LogP contribution in [0.25, 0.3) is 0 Å². The molecule has 0 amide bonds. The molecule has 1 aliphatic rings. The molecule has 0 bridgehead atoms. The van der Waals surface area contributed by atoms with E-state index in [9.17, 15) is 0 Å². The average molecular weight is 215 g/mol. The first kappa shape index (κ1) is 11.1. The average Bonchev–Trinajstić information content (AvgIpc) is 2.33. The lowest BCUT2D eigenvalue weighted by molar-refractivity contribution is 0.165. The van der Waals surface area contributed by atoms with E-state index in [1.54, 1.807) is 0 Å². The smallest absolute Gasteiger partial charge is 0.0991 e. The molecular weight excluding hydrogens is 198 g/mol. The molecule has 2 rings (SSSR count). The normalized spacial score (nSPS) is 21.6. The number of nitriles is 1. The molecule has 0 unspecified atom stereocenters. The van der Waals surface area contributed by atoms with E-state index in [2.05, 4.69) is 23.2 Å². The molecule has 0 spiro atoms. The van der Waals surface area contributed by atoms with E-state index >= 15 is 0 Å². The monoisotopic (exact) mass is 215 g/mol. The zero-order valence-electron chi connectivity index (χ0n) is 9.61. The minimum atomic E-state index is 0.587. The molecule has 1 saturated heterocycles. The van der Waals surface area contributed by atoms with Crippen molar-refractivity contribution in [2.75, 3.05) is 19.6 Å². The number of piperazine rings is 1. The van der Waals surface area contributed by atoms with Crippen molar-refractivity contribution in [2.24, 2.45) is 0 Å². The zero-order valence-corrected chi connectivity index (χ0v) is 9.61. The van der Waals surface area contributed by atoms with E-state index in [0.717, 1.165) is 31.7 Å². The van der Waals surface area contributed by atoms with Crippen LogP contribution in [-0.4, -0.2) is 30.6 Å². The Kier molecular flexibility index (Phi) is 3.55. The van der Waals surface area contributed by atoms with Crippen LogP contribution in [0, 0.1) is 11.3 Å². The summed E-state index contributed by atoms with van der Waals surface area (Å²) < 4.78 is 0. The molecule has 1 aromatic carbocycles. The summed E-state index contributed by atoms with van der Waals surface area (Å²) in [7, 11) is 0. The lowest BCUT2D eigenvalue weighted by atomic mass is 10.1. The predicted octanol–water partition coefficient (Wildman–Crippen LogP) is 1.35. The molecule has 3 heteroatoms. The first-order valence-electron chi connectivity index (χ1n) is 5.73. The highest BCUT2D eigenvalue weighted by Gasteiger charge is 2.17. The lowest BCUT2D eigenvalue weighted by Gasteiger charge is -2.33. The van der Waals surface area contributed by atoms with E-state index in [1.807, 2.05) is 24.3 Å². The van der Waals surface area contributed by atoms with Crippen molar-refractivity contribution in [3.05, 3.63) is 35.4 Å². The van der Waals surface area contributed by atoms with Gasteiger partial charge in [-0.05, 0) is 24.6 Å². The molecule has 3 nitrogen and oxygen atoms in total. The Morgan fingerprint density at radius 1 is 1.44 bits per heavy atom. The van der Waals surface area contributed by atoms with Gasteiger partial charge in [0.15, 0.2) is 0 Å². The Morgan fingerprint density at radius 3 is 2.81 bits per heavy atom. The maximum Gasteiger partial charge on any atom is 0.0991 e. The number of rotatable bonds is 2. The Hall–Kier alpha value is -1.37. The van der Waals surface area contributed by atoms with E-state index in [1.165, 1.54) is 5.56 Å². The standard InChI is InChI=1S/C13H17N3/c1-11-9-15-6-7-16(11)10-13-4-2-12(8-14)3-5-13/h2-5,11,15H,6-7,9-10H2,1H3/t11-/m1/s1. The van der Waals surface area contributed by atoms with Gasteiger partial charge in [0, 0.05) is 32.2 Å². The van der Waals surface area contributed by atoms with Gasteiger partial charge in [0.05, 0.1) is 11.6 Å². The first-order valence-corrected chi connectivity index (χ1v) is 5.73. The molecule has 1 fully saturated rings. The van der Waals surface area contributed by atoms with Crippen molar-refractivity contribution in [3.8, 4) is 6.07 Å². The minimum Gasteiger partial charge on any atom is -0.314 e. The van der Waals surface area contributed by atoms with Gasteiger partial charge in [-0.25, -0.2) is 0 Å². The molecule has 1 heterocycles. The predicted molar refractivity (Wildman–Crippen MR) is 63.9 cm³/mol. The summed E-state index contributed by atoms with van der Waals surface area (Å²) in [6, 6.07) is 10.6. The third-order valence-electron chi connectivity index (χ3n) is 3.11. The van der Waals surface area contributed by atoms with Crippen molar-refractivity contribution in [2.45, 2.75) is 19.5 Å². The molecule has 16 heavy (non-hydrogen) atoms. The zero-order chi connectivity index (χ0) is 11.4. The van der Waals surface area contributed by atoms with Gasteiger partial charge in [0.2, 0.25) is 0 Å². The van der Waals surface area contributed by atoms with E-state index in [-0.39, 0.29) is 0 Å². The van der Waals surface area contributed by atoms with E-state index in [0.29, 0.717) is 6.04 Å². The van der Waals surface area contributed by atoms with Crippen molar-refractivity contribution in [1.82, 2.24) is 10.2 Å². The van der Waals surface area contributed by atoms with E-state index < -0.39 is 0 Å². The summed E-state index contributed by atoms with van der Waals surface area (Å²) in [5.74, 6) is 0. The number of hydrogen-bond donors (Lipinski definition) is 1. The molecule has 0 radical (unpaired) electrons. The maximum absolute atomic E-state index is 8.72. The first-order chi connectivity index (χ1) is 7.79. The molecule has 0 saturated carbocycles. The molecule has 1 aliphatic heterocycles. The van der Waals surface area contributed by atoms with Crippen LogP contribution < -0.4 is 5.32 Å². The lowest BCUT2D eigenvalue weighted by Crippen LogP contribution is -2.49. The second-order valence-corrected chi connectivity index (χ2v) is 4.33. The molecule has 1 N–H and O–H groups in total. The van der Waals surface area contributed by atoms with Gasteiger partial charge in [0.25, 0.3) is 0 Å². The summed E-state index contributed by atoms with van der Waals surface area (Å²) in [6.45, 7) is 6.46. The SMILES string of the molecule is C[C@@H]1CNCCN1Cc1ccc(C#N)cc1. The summed E-state index contributed by atoms with van der Waals surface area (Å²) in [5.41, 5.74) is 2.02. The quantitative estimate of drug-likeness (QED) is 0.809. The number of hydrogen-bond acceptors (Lipinski definition) is 3. The van der Waals surface area contributed by atoms with Gasteiger partial charge in [0.1, 0.15) is 0 Å². The third-order valence-corrected chi connectivity index (χ3v) is 3.11. The van der Waals surface area contributed by atoms with Gasteiger partial charge >= 0.3 is 0 Å². The van der Waals surface area contributed by atoms with Crippen LogP contribution in [0.1, 0.15) is 18.1 Å². The Bertz CT molecular complexity index is 377. The van der Waals surface area contributed by atoms with Crippen LogP contribution in [0.2, 0.25) is 0 Å². The van der Waals surface area contributed by atoms with Crippen molar-refractivity contribution in [1.29, 1.82) is 5.26 Å². The Labute approximate surface area is 96.7 Å². The fraction of sp³-hybridized carbons (Fsp3) is 0.462. The summed E-state index contributed by atoms with van der Waals surface area (Å²) >= 11 is 0. The van der Waals surface area contributed by atoms with Gasteiger partial charge in [-0.1, -0.05) is 12.1 Å². The molecule has 1 aromatic rings. The van der Waals surface area contributed by atoms with Gasteiger partial charge in [-0.3, -0.25) is 4.90 Å². The highest BCUT2D eigenvalue weighted by molar-refractivity contribution is 5.31. The van der Waals surface area contributed by atoms with Crippen LogP contribution in [0.5, 0.6) is 0 Å². The Morgan fingerprint density at radius 2 is 2.19 bits per heavy atom. The van der Waals surface area contributed by atoms with Crippen molar-refractivity contribution < 1.29 is 0 Å². The highest BCUT2D eigenvalue weighted by Crippen LogP contribution is 2.10.